The van der Waals surface area contributed by atoms with Crippen molar-refractivity contribution in [1.29, 1.82) is 0 Å². The van der Waals surface area contributed by atoms with E-state index in [0.29, 0.717) is 25.3 Å². The molecule has 0 aromatic rings. The van der Waals surface area contributed by atoms with Crippen LogP contribution in [0.15, 0.2) is 0 Å². The van der Waals surface area contributed by atoms with Gasteiger partial charge in [-0.2, -0.15) is 13.1 Å². The van der Waals surface area contributed by atoms with Crippen LogP contribution in [0.4, 0.5) is 0 Å². The fourth-order valence-electron chi connectivity index (χ4n) is 2.03. The van der Waals surface area contributed by atoms with Crippen LogP contribution >= 0.6 is 0 Å². The van der Waals surface area contributed by atoms with Crippen molar-refractivity contribution in [1.82, 2.24) is 9.44 Å². The molecule has 0 radical (unpaired) electrons. The van der Waals surface area contributed by atoms with Crippen LogP contribution in [0.25, 0.3) is 0 Å². The minimum Gasteiger partial charge on any atom is -0.389 e. The summed E-state index contributed by atoms with van der Waals surface area (Å²) >= 11 is 0. The maximum atomic E-state index is 11.7. The molecule has 0 unspecified atom stereocenters. The molecular formula is C12H26N2O3S. The summed E-state index contributed by atoms with van der Waals surface area (Å²) in [5.74, 6) is 0.890. The van der Waals surface area contributed by atoms with E-state index in [0.717, 1.165) is 12.8 Å². The van der Waals surface area contributed by atoms with E-state index in [1.807, 2.05) is 13.8 Å². The molecule has 0 spiro atoms. The van der Waals surface area contributed by atoms with Crippen LogP contribution in [0, 0.1) is 11.8 Å². The minimum atomic E-state index is -3.49. The highest BCUT2D eigenvalue weighted by molar-refractivity contribution is 7.87. The van der Waals surface area contributed by atoms with Crippen molar-refractivity contribution in [3.05, 3.63) is 0 Å². The van der Waals surface area contributed by atoms with Crippen molar-refractivity contribution < 1.29 is 13.5 Å². The van der Waals surface area contributed by atoms with E-state index in [-0.39, 0.29) is 12.5 Å². The second-order valence-corrected chi connectivity index (χ2v) is 7.56. The summed E-state index contributed by atoms with van der Waals surface area (Å²) in [6.45, 7) is 6.56. The Morgan fingerprint density at radius 1 is 1.28 bits per heavy atom. The zero-order valence-corrected chi connectivity index (χ0v) is 12.4. The molecule has 0 aliphatic heterocycles. The van der Waals surface area contributed by atoms with Crippen LogP contribution in [-0.4, -0.2) is 32.2 Å². The predicted octanol–water partition coefficient (Wildman–Crippen LogP) is 1.01. The molecule has 0 saturated heterocycles. The Kier molecular flexibility index (Phi) is 5.58. The van der Waals surface area contributed by atoms with Gasteiger partial charge in [-0.05, 0) is 37.5 Å². The Labute approximate surface area is 111 Å². The summed E-state index contributed by atoms with van der Waals surface area (Å²) in [7, 11) is -3.49. The lowest BCUT2D eigenvalue weighted by molar-refractivity contribution is -0.00189. The quantitative estimate of drug-likeness (QED) is 0.678. The van der Waals surface area contributed by atoms with Gasteiger partial charge >= 0.3 is 0 Å². The number of aliphatic hydroxyl groups is 1. The smallest absolute Gasteiger partial charge is 0.277 e. The summed E-state index contributed by atoms with van der Waals surface area (Å²) in [5, 5.41) is 10.3. The fraction of sp³-hybridized carbons (Fsp3) is 1.00. The van der Waals surface area contributed by atoms with Gasteiger partial charge in [-0.25, -0.2) is 4.72 Å². The standard InChI is InChI=1S/C12H26N2O3S/c1-10(2)8-13-18(16,17)14-9-12(15)6-4-11(3)5-7-12/h10-11,13-15H,4-9H2,1-3H3. The molecule has 6 heteroatoms. The van der Waals surface area contributed by atoms with Gasteiger partial charge in [0.25, 0.3) is 10.2 Å². The average molecular weight is 278 g/mol. The van der Waals surface area contributed by atoms with Crippen molar-refractivity contribution in [2.45, 2.75) is 52.1 Å². The van der Waals surface area contributed by atoms with Crippen LogP contribution in [-0.2, 0) is 10.2 Å². The molecule has 5 nitrogen and oxygen atoms in total. The Hall–Kier alpha value is -0.170. The van der Waals surface area contributed by atoms with Crippen LogP contribution in [0.2, 0.25) is 0 Å². The van der Waals surface area contributed by atoms with Crippen molar-refractivity contribution in [2.24, 2.45) is 11.8 Å². The molecule has 1 aliphatic rings. The third-order valence-electron chi connectivity index (χ3n) is 3.48. The van der Waals surface area contributed by atoms with Crippen molar-refractivity contribution in [3.63, 3.8) is 0 Å². The number of hydrogen-bond acceptors (Lipinski definition) is 3. The van der Waals surface area contributed by atoms with E-state index in [4.69, 9.17) is 0 Å². The van der Waals surface area contributed by atoms with Gasteiger partial charge in [0, 0.05) is 13.1 Å². The normalized spacial score (nSPS) is 29.7. The molecule has 1 fully saturated rings. The lowest BCUT2D eigenvalue weighted by atomic mass is 9.80. The summed E-state index contributed by atoms with van der Waals surface area (Å²) in [6.07, 6.45) is 3.25. The summed E-state index contributed by atoms with van der Waals surface area (Å²) in [5.41, 5.74) is -0.876. The maximum absolute atomic E-state index is 11.7. The lowest BCUT2D eigenvalue weighted by Gasteiger charge is -2.34. The second-order valence-electron chi connectivity index (χ2n) is 5.97. The summed E-state index contributed by atoms with van der Waals surface area (Å²) in [6, 6.07) is 0. The van der Waals surface area contributed by atoms with Gasteiger partial charge < -0.3 is 5.11 Å². The number of hydrogen-bond donors (Lipinski definition) is 3. The Morgan fingerprint density at radius 2 is 1.83 bits per heavy atom. The number of rotatable bonds is 6. The van der Waals surface area contributed by atoms with E-state index >= 15 is 0 Å². The van der Waals surface area contributed by atoms with Gasteiger partial charge in [0.15, 0.2) is 0 Å². The van der Waals surface area contributed by atoms with Gasteiger partial charge in [-0.15, -0.1) is 0 Å². The Morgan fingerprint density at radius 3 is 2.33 bits per heavy atom. The molecule has 0 atom stereocenters. The minimum absolute atomic E-state index is 0.104. The predicted molar refractivity (Wildman–Crippen MR) is 72.3 cm³/mol. The van der Waals surface area contributed by atoms with E-state index in [9.17, 15) is 13.5 Å². The Balaban J connectivity index is 2.39. The molecule has 3 N–H and O–H groups in total. The first-order valence-electron chi connectivity index (χ1n) is 6.69. The molecule has 0 bridgehead atoms. The maximum Gasteiger partial charge on any atom is 0.277 e. The van der Waals surface area contributed by atoms with E-state index in [1.165, 1.54) is 0 Å². The average Bonchev–Trinajstić information content (AvgIpc) is 2.29. The fourth-order valence-corrected chi connectivity index (χ4v) is 3.15. The van der Waals surface area contributed by atoms with Crippen LogP contribution < -0.4 is 9.44 Å². The number of nitrogens with one attached hydrogen (secondary N) is 2. The summed E-state index contributed by atoms with van der Waals surface area (Å²) in [4.78, 5) is 0. The third-order valence-corrected chi connectivity index (χ3v) is 4.55. The van der Waals surface area contributed by atoms with E-state index < -0.39 is 15.8 Å². The Bertz CT molecular complexity index is 346. The van der Waals surface area contributed by atoms with Gasteiger partial charge in [0.2, 0.25) is 0 Å². The molecule has 0 aromatic carbocycles. The van der Waals surface area contributed by atoms with Crippen molar-refractivity contribution >= 4 is 10.2 Å². The van der Waals surface area contributed by atoms with Gasteiger partial charge in [0.05, 0.1) is 5.60 Å². The van der Waals surface area contributed by atoms with E-state index in [2.05, 4.69) is 16.4 Å². The van der Waals surface area contributed by atoms with Crippen molar-refractivity contribution in [3.8, 4) is 0 Å². The molecule has 108 valence electrons. The molecular weight excluding hydrogens is 252 g/mol. The molecule has 0 heterocycles. The van der Waals surface area contributed by atoms with Crippen LogP contribution in [0.5, 0.6) is 0 Å². The lowest BCUT2D eigenvalue weighted by Crippen LogP contribution is -2.48. The van der Waals surface area contributed by atoms with E-state index in [1.54, 1.807) is 0 Å². The van der Waals surface area contributed by atoms with Gasteiger partial charge in [-0.3, -0.25) is 0 Å². The van der Waals surface area contributed by atoms with Crippen LogP contribution in [0.3, 0.4) is 0 Å². The highest BCUT2D eigenvalue weighted by atomic mass is 32.2. The summed E-state index contributed by atoms with van der Waals surface area (Å²) < 4.78 is 28.2. The first-order valence-corrected chi connectivity index (χ1v) is 8.17. The topological polar surface area (TPSA) is 78.4 Å². The van der Waals surface area contributed by atoms with Gasteiger partial charge in [-0.1, -0.05) is 20.8 Å². The largest absolute Gasteiger partial charge is 0.389 e. The molecule has 1 aliphatic carbocycles. The first kappa shape index (κ1) is 15.9. The SMILES string of the molecule is CC(C)CNS(=O)(=O)NCC1(O)CCC(C)CC1. The second kappa shape index (κ2) is 6.32. The zero-order chi connectivity index (χ0) is 13.8. The first-order chi connectivity index (χ1) is 8.22. The van der Waals surface area contributed by atoms with Crippen molar-refractivity contribution in [2.75, 3.05) is 13.1 Å². The van der Waals surface area contributed by atoms with Gasteiger partial charge in [0.1, 0.15) is 0 Å². The highest BCUT2D eigenvalue weighted by Crippen LogP contribution is 2.31. The molecule has 1 saturated carbocycles. The van der Waals surface area contributed by atoms with Crippen LogP contribution in [0.1, 0.15) is 46.5 Å². The molecule has 0 amide bonds. The monoisotopic (exact) mass is 278 g/mol. The molecule has 0 aromatic heterocycles. The third kappa shape index (κ3) is 5.65. The zero-order valence-electron chi connectivity index (χ0n) is 11.6. The molecule has 18 heavy (non-hydrogen) atoms. The highest BCUT2D eigenvalue weighted by Gasteiger charge is 2.32. The molecule has 1 rings (SSSR count).